The van der Waals surface area contributed by atoms with Gasteiger partial charge in [0.25, 0.3) is 0 Å². The minimum atomic E-state index is 1.13. The summed E-state index contributed by atoms with van der Waals surface area (Å²) in [5, 5.41) is 4.97. The maximum Gasteiger partial charge on any atom is 0.0619 e. The van der Waals surface area contributed by atoms with Crippen LogP contribution < -0.4 is 0 Å². The van der Waals surface area contributed by atoms with E-state index in [1.54, 1.807) is 0 Å². The van der Waals surface area contributed by atoms with Crippen molar-refractivity contribution < 1.29 is 0 Å². The fourth-order valence-corrected chi connectivity index (χ4v) is 10.4. The van der Waals surface area contributed by atoms with E-state index in [1.807, 2.05) is 0 Å². The lowest BCUT2D eigenvalue weighted by Gasteiger charge is -2.14. The monoisotopic (exact) mass is 864 g/mol. The molecule has 0 radical (unpaired) electrons. The van der Waals surface area contributed by atoms with Crippen LogP contribution in [-0.2, 0) is 0 Å². The molecule has 13 aromatic rings. The molecule has 0 N–H and O–H groups in total. The van der Waals surface area contributed by atoms with E-state index in [1.165, 1.54) is 110 Å². The zero-order valence-corrected chi connectivity index (χ0v) is 37.3. The van der Waals surface area contributed by atoms with Crippen molar-refractivity contribution in [1.29, 1.82) is 0 Å². The number of aromatic nitrogens is 2. The molecule has 2 nitrogen and oxygen atoms in total. The fraction of sp³-hybridized carbons (Fsp3) is 0. The highest BCUT2D eigenvalue weighted by Crippen LogP contribution is 2.42. The van der Waals surface area contributed by atoms with E-state index in [2.05, 4.69) is 276 Å². The lowest BCUT2D eigenvalue weighted by atomic mass is 9.95. The summed E-state index contributed by atoms with van der Waals surface area (Å²) < 4.78 is 4.89. The smallest absolute Gasteiger partial charge is 0.0619 e. The van der Waals surface area contributed by atoms with Crippen molar-refractivity contribution in [3.63, 3.8) is 0 Å². The lowest BCUT2D eigenvalue weighted by Crippen LogP contribution is -1.97. The maximum atomic E-state index is 2.46. The molecule has 0 unspecified atom stereocenters. The molecule has 0 saturated carbocycles. The van der Waals surface area contributed by atoms with Crippen molar-refractivity contribution in [1.82, 2.24) is 9.13 Å². The molecule has 68 heavy (non-hydrogen) atoms. The first-order chi connectivity index (χ1) is 33.7. The molecule has 2 aromatic heterocycles. The highest BCUT2D eigenvalue weighted by Gasteiger charge is 2.19. The molecule has 13 rings (SSSR count). The van der Waals surface area contributed by atoms with E-state index in [0.29, 0.717) is 0 Å². The Balaban J connectivity index is 0.861. The van der Waals surface area contributed by atoms with Crippen molar-refractivity contribution >= 4 is 43.6 Å². The largest absolute Gasteiger partial charge is 0.309 e. The number of rotatable bonds is 8. The molecular weight excluding hydrogens is 821 g/mol. The molecule has 0 atom stereocenters. The highest BCUT2D eigenvalue weighted by atomic mass is 15.0. The molecule has 0 amide bonds. The minimum Gasteiger partial charge on any atom is -0.309 e. The second-order valence-corrected chi connectivity index (χ2v) is 17.7. The predicted molar refractivity (Wildman–Crippen MR) is 288 cm³/mol. The number of para-hydroxylation sites is 3. The van der Waals surface area contributed by atoms with Crippen LogP contribution in [0.3, 0.4) is 0 Å². The van der Waals surface area contributed by atoms with Gasteiger partial charge in [0.05, 0.1) is 22.1 Å². The number of fused-ring (bicyclic) bond motifs is 6. The highest BCUT2D eigenvalue weighted by molar-refractivity contribution is 6.15. The van der Waals surface area contributed by atoms with Crippen molar-refractivity contribution in [3.05, 3.63) is 267 Å². The SMILES string of the molecule is c1ccc(-c2cccc(-c3cccc(-c4ccc(-c5ccc(-n6c7ccccc7c7ccc(-c8cccc9c%10ccccc%10n(-c%10cccc(-c%11ccccc%11)c%10)c89)cc76)cc5)cc4)c3)c2)cc1. The number of hydrogen-bond acceptors (Lipinski definition) is 0. The van der Waals surface area contributed by atoms with E-state index >= 15 is 0 Å². The minimum absolute atomic E-state index is 1.13. The Labute approximate surface area is 395 Å². The summed E-state index contributed by atoms with van der Waals surface area (Å²) in [7, 11) is 0. The van der Waals surface area contributed by atoms with Gasteiger partial charge in [0.2, 0.25) is 0 Å². The van der Waals surface area contributed by atoms with Gasteiger partial charge in [-0.15, -0.1) is 0 Å². The van der Waals surface area contributed by atoms with Gasteiger partial charge in [-0.25, -0.2) is 0 Å². The third-order valence-corrected chi connectivity index (χ3v) is 13.7. The van der Waals surface area contributed by atoms with E-state index in [9.17, 15) is 0 Å². The van der Waals surface area contributed by atoms with Gasteiger partial charge in [0, 0.05) is 38.5 Å². The second kappa shape index (κ2) is 16.5. The summed E-state index contributed by atoms with van der Waals surface area (Å²) >= 11 is 0. The second-order valence-electron chi connectivity index (χ2n) is 17.7. The first-order valence-electron chi connectivity index (χ1n) is 23.4. The molecule has 11 aromatic carbocycles. The summed E-state index contributed by atoms with van der Waals surface area (Å²) in [6, 6.07) is 97.3. The van der Waals surface area contributed by atoms with E-state index in [4.69, 9.17) is 0 Å². The van der Waals surface area contributed by atoms with Crippen LogP contribution in [0, 0.1) is 0 Å². The Hall–Kier alpha value is -8.98. The van der Waals surface area contributed by atoms with Crippen LogP contribution >= 0.6 is 0 Å². The number of nitrogens with zero attached hydrogens (tertiary/aromatic N) is 2. The van der Waals surface area contributed by atoms with Crippen LogP contribution in [0.15, 0.2) is 267 Å². The molecule has 0 spiro atoms. The summed E-state index contributed by atoms with van der Waals surface area (Å²) in [4.78, 5) is 0. The Morgan fingerprint density at radius 1 is 0.191 bits per heavy atom. The Morgan fingerprint density at radius 3 is 1.21 bits per heavy atom. The van der Waals surface area contributed by atoms with Crippen LogP contribution in [0.5, 0.6) is 0 Å². The maximum absolute atomic E-state index is 2.46. The molecule has 0 bridgehead atoms. The van der Waals surface area contributed by atoms with Gasteiger partial charge in [0.1, 0.15) is 0 Å². The average Bonchev–Trinajstić information content (AvgIpc) is 3.94. The van der Waals surface area contributed by atoms with E-state index in [0.717, 1.165) is 11.4 Å². The predicted octanol–water partition coefficient (Wildman–Crippen LogP) is 17.9. The third kappa shape index (κ3) is 6.82. The Kier molecular flexibility index (Phi) is 9.54. The van der Waals surface area contributed by atoms with E-state index < -0.39 is 0 Å². The van der Waals surface area contributed by atoms with Gasteiger partial charge in [-0.05, 0) is 116 Å². The third-order valence-electron chi connectivity index (χ3n) is 13.7. The summed E-state index contributed by atoms with van der Waals surface area (Å²) in [6.45, 7) is 0. The molecule has 0 saturated heterocycles. The normalized spacial score (nSPS) is 11.5. The Morgan fingerprint density at radius 2 is 0.588 bits per heavy atom. The van der Waals surface area contributed by atoms with Crippen molar-refractivity contribution in [2.24, 2.45) is 0 Å². The quantitative estimate of drug-likeness (QED) is 0.144. The molecule has 318 valence electrons. The van der Waals surface area contributed by atoms with Crippen molar-refractivity contribution in [2.45, 2.75) is 0 Å². The first-order valence-corrected chi connectivity index (χ1v) is 23.4. The number of benzene rings is 11. The summed E-state index contributed by atoms with van der Waals surface area (Å²) in [5.74, 6) is 0. The van der Waals surface area contributed by atoms with Gasteiger partial charge >= 0.3 is 0 Å². The van der Waals surface area contributed by atoms with Crippen LogP contribution in [0.4, 0.5) is 0 Å². The molecule has 0 aliphatic heterocycles. The van der Waals surface area contributed by atoms with Gasteiger partial charge in [0.15, 0.2) is 0 Å². The zero-order chi connectivity index (χ0) is 45.0. The fourth-order valence-electron chi connectivity index (χ4n) is 10.4. The van der Waals surface area contributed by atoms with Gasteiger partial charge in [-0.3, -0.25) is 0 Å². The van der Waals surface area contributed by atoms with Crippen LogP contribution in [0.2, 0.25) is 0 Å². The molecule has 0 fully saturated rings. The Bertz CT molecular complexity index is 3990. The van der Waals surface area contributed by atoms with Gasteiger partial charge in [-0.2, -0.15) is 0 Å². The molecule has 0 aliphatic carbocycles. The number of hydrogen-bond donors (Lipinski definition) is 0. The summed E-state index contributed by atoms with van der Waals surface area (Å²) in [6.07, 6.45) is 0. The molecule has 2 heterocycles. The zero-order valence-electron chi connectivity index (χ0n) is 37.3. The lowest BCUT2D eigenvalue weighted by molar-refractivity contribution is 1.18. The van der Waals surface area contributed by atoms with Gasteiger partial charge < -0.3 is 9.13 Å². The first kappa shape index (κ1) is 39.4. The standard InChI is InChI=1S/C66H44N2/c1-3-15-45(16-4-1)50-19-11-21-52(41-50)53-22-12-20-51(42-53)49-33-31-47(32-34-49)48-35-38-56(39-36-48)67-63-29-9-7-25-59(63)61-40-37-55(44-65(61)67)58-27-14-28-62-60-26-8-10-30-64(60)68(66(58)62)57-24-13-23-54(43-57)46-17-5-2-6-18-46/h1-44H. The van der Waals surface area contributed by atoms with Crippen LogP contribution in [0.25, 0.3) is 122 Å². The average molecular weight is 865 g/mol. The molecule has 0 aliphatic rings. The van der Waals surface area contributed by atoms with Crippen LogP contribution in [-0.4, -0.2) is 9.13 Å². The van der Waals surface area contributed by atoms with Crippen LogP contribution in [0.1, 0.15) is 0 Å². The van der Waals surface area contributed by atoms with E-state index in [-0.39, 0.29) is 0 Å². The van der Waals surface area contributed by atoms with Crippen molar-refractivity contribution in [2.75, 3.05) is 0 Å². The molecular formula is C66H44N2. The summed E-state index contributed by atoms with van der Waals surface area (Å²) in [5.41, 5.74) is 21.5. The molecule has 2 heteroatoms. The van der Waals surface area contributed by atoms with Gasteiger partial charge in [-0.1, -0.05) is 212 Å². The topological polar surface area (TPSA) is 9.86 Å². The van der Waals surface area contributed by atoms with Crippen molar-refractivity contribution in [3.8, 4) is 78.1 Å².